The minimum absolute atomic E-state index is 0. The molecule has 19 heavy (non-hydrogen) atoms. The van der Waals surface area contributed by atoms with E-state index in [1.807, 2.05) is 0 Å². The van der Waals surface area contributed by atoms with Crippen molar-refractivity contribution in [1.82, 2.24) is 10.2 Å². The summed E-state index contributed by atoms with van der Waals surface area (Å²) in [5, 5.41) is 3.38. The van der Waals surface area contributed by atoms with E-state index in [-0.39, 0.29) is 12.4 Å². The molecule has 1 amide bonds. The van der Waals surface area contributed by atoms with E-state index in [1.165, 1.54) is 25.7 Å². The fourth-order valence-electron chi connectivity index (χ4n) is 3.30. The quantitative estimate of drug-likeness (QED) is 0.866. The average molecular weight is 289 g/mol. The standard InChI is InChI=1S/C15H28N2O.ClH/c1-12-4-3-5-13(2)17(11-12)15(18)7-6-14-8-9-16-10-14;/h12-14,16H,3-11H2,1-2H3;1H. The van der Waals surface area contributed by atoms with Crippen LogP contribution in [-0.2, 0) is 4.79 Å². The van der Waals surface area contributed by atoms with Crippen LogP contribution >= 0.6 is 12.4 Å². The van der Waals surface area contributed by atoms with Gasteiger partial charge in [-0.2, -0.15) is 0 Å². The molecule has 2 aliphatic rings. The molecule has 1 N–H and O–H groups in total. The third-order valence-corrected chi connectivity index (χ3v) is 4.61. The maximum atomic E-state index is 12.4. The van der Waals surface area contributed by atoms with Crippen molar-refractivity contribution < 1.29 is 4.79 Å². The molecule has 2 saturated heterocycles. The number of nitrogens with zero attached hydrogens (tertiary/aromatic N) is 1. The summed E-state index contributed by atoms with van der Waals surface area (Å²) in [5.74, 6) is 1.80. The molecular weight excluding hydrogens is 260 g/mol. The highest BCUT2D eigenvalue weighted by atomic mass is 35.5. The SMILES string of the molecule is CC1CCCC(C)N(C(=O)CCC2CCNC2)C1.Cl. The van der Waals surface area contributed by atoms with E-state index in [0.717, 1.165) is 38.4 Å². The highest BCUT2D eigenvalue weighted by Crippen LogP contribution is 2.23. The Hall–Kier alpha value is -0.280. The first-order valence-corrected chi connectivity index (χ1v) is 7.67. The highest BCUT2D eigenvalue weighted by molar-refractivity contribution is 5.85. The Bertz CT molecular complexity index is 279. The number of amides is 1. The van der Waals surface area contributed by atoms with Gasteiger partial charge in [0, 0.05) is 19.0 Å². The van der Waals surface area contributed by atoms with Crippen molar-refractivity contribution in [2.45, 2.75) is 58.4 Å². The Morgan fingerprint density at radius 1 is 1.26 bits per heavy atom. The van der Waals surface area contributed by atoms with Crippen molar-refractivity contribution in [3.63, 3.8) is 0 Å². The maximum Gasteiger partial charge on any atom is 0.222 e. The molecule has 0 radical (unpaired) electrons. The van der Waals surface area contributed by atoms with Gasteiger partial charge in [-0.15, -0.1) is 12.4 Å². The number of hydrogen-bond acceptors (Lipinski definition) is 2. The number of hydrogen-bond donors (Lipinski definition) is 1. The molecule has 0 aliphatic carbocycles. The second-order valence-corrected chi connectivity index (χ2v) is 6.33. The third kappa shape index (κ3) is 4.96. The Morgan fingerprint density at radius 2 is 2.05 bits per heavy atom. The summed E-state index contributed by atoms with van der Waals surface area (Å²) < 4.78 is 0. The molecule has 2 fully saturated rings. The minimum Gasteiger partial charge on any atom is -0.340 e. The summed E-state index contributed by atoms with van der Waals surface area (Å²) in [5.41, 5.74) is 0. The first-order chi connectivity index (χ1) is 8.66. The van der Waals surface area contributed by atoms with E-state index >= 15 is 0 Å². The van der Waals surface area contributed by atoms with Gasteiger partial charge < -0.3 is 10.2 Å². The Labute approximate surface area is 123 Å². The number of rotatable bonds is 3. The molecular formula is C15H29ClN2O. The van der Waals surface area contributed by atoms with Crippen LogP contribution in [0.5, 0.6) is 0 Å². The van der Waals surface area contributed by atoms with Crippen LogP contribution in [0, 0.1) is 11.8 Å². The fourth-order valence-corrected chi connectivity index (χ4v) is 3.30. The van der Waals surface area contributed by atoms with Crippen molar-refractivity contribution in [1.29, 1.82) is 0 Å². The van der Waals surface area contributed by atoms with E-state index < -0.39 is 0 Å². The van der Waals surface area contributed by atoms with Crippen LogP contribution in [-0.4, -0.2) is 36.5 Å². The molecule has 4 heteroatoms. The van der Waals surface area contributed by atoms with Crippen molar-refractivity contribution in [2.24, 2.45) is 11.8 Å². The fraction of sp³-hybridized carbons (Fsp3) is 0.933. The molecule has 2 heterocycles. The van der Waals surface area contributed by atoms with E-state index in [1.54, 1.807) is 0 Å². The van der Waals surface area contributed by atoms with Crippen LogP contribution in [0.15, 0.2) is 0 Å². The van der Waals surface area contributed by atoms with Gasteiger partial charge in [0.1, 0.15) is 0 Å². The average Bonchev–Trinajstić information content (AvgIpc) is 2.80. The summed E-state index contributed by atoms with van der Waals surface area (Å²) >= 11 is 0. The van der Waals surface area contributed by atoms with Gasteiger partial charge in [0.2, 0.25) is 5.91 Å². The van der Waals surface area contributed by atoms with Crippen molar-refractivity contribution in [3.05, 3.63) is 0 Å². The van der Waals surface area contributed by atoms with Crippen molar-refractivity contribution >= 4 is 18.3 Å². The molecule has 0 spiro atoms. The van der Waals surface area contributed by atoms with Gasteiger partial charge in [0.25, 0.3) is 0 Å². The molecule has 0 saturated carbocycles. The Morgan fingerprint density at radius 3 is 2.74 bits per heavy atom. The van der Waals surface area contributed by atoms with Crippen LogP contribution in [0.3, 0.4) is 0 Å². The van der Waals surface area contributed by atoms with Crippen LogP contribution in [0.2, 0.25) is 0 Å². The predicted octanol–water partition coefficient (Wildman–Crippen LogP) is 2.84. The first kappa shape index (κ1) is 16.8. The van der Waals surface area contributed by atoms with Crippen LogP contribution < -0.4 is 5.32 Å². The molecule has 3 atom stereocenters. The molecule has 0 aromatic carbocycles. The lowest BCUT2D eigenvalue weighted by molar-refractivity contribution is -0.133. The summed E-state index contributed by atoms with van der Waals surface area (Å²) in [6, 6.07) is 0.448. The molecule has 2 rings (SSSR count). The molecule has 3 unspecified atom stereocenters. The normalized spacial score (nSPS) is 31.7. The number of carbonyl (C=O) groups is 1. The van der Waals surface area contributed by atoms with Gasteiger partial charge in [-0.25, -0.2) is 0 Å². The summed E-state index contributed by atoms with van der Waals surface area (Å²) in [4.78, 5) is 14.5. The van der Waals surface area contributed by atoms with Crippen LogP contribution in [0.1, 0.15) is 52.4 Å². The van der Waals surface area contributed by atoms with E-state index in [9.17, 15) is 4.79 Å². The zero-order chi connectivity index (χ0) is 13.0. The predicted molar refractivity (Wildman–Crippen MR) is 81.6 cm³/mol. The van der Waals surface area contributed by atoms with Gasteiger partial charge >= 0.3 is 0 Å². The van der Waals surface area contributed by atoms with Gasteiger partial charge in [0.15, 0.2) is 0 Å². The number of nitrogens with one attached hydrogen (secondary N) is 1. The van der Waals surface area contributed by atoms with Crippen LogP contribution in [0.25, 0.3) is 0 Å². The lowest BCUT2D eigenvalue weighted by Crippen LogP contribution is -2.39. The smallest absolute Gasteiger partial charge is 0.222 e. The largest absolute Gasteiger partial charge is 0.340 e. The molecule has 2 aliphatic heterocycles. The van der Waals surface area contributed by atoms with Gasteiger partial charge in [0.05, 0.1) is 0 Å². The lowest BCUT2D eigenvalue weighted by Gasteiger charge is -2.29. The Balaban J connectivity index is 0.00000180. The second kappa shape index (κ2) is 8.11. The Kier molecular flexibility index (Phi) is 7.16. The minimum atomic E-state index is 0. The number of likely N-dealkylation sites (tertiary alicyclic amines) is 1. The van der Waals surface area contributed by atoms with E-state index in [2.05, 4.69) is 24.1 Å². The summed E-state index contributed by atoms with van der Waals surface area (Å²) in [6.07, 6.45) is 6.81. The second-order valence-electron chi connectivity index (χ2n) is 6.33. The number of carbonyl (C=O) groups excluding carboxylic acids is 1. The maximum absolute atomic E-state index is 12.4. The van der Waals surface area contributed by atoms with Crippen molar-refractivity contribution in [2.75, 3.05) is 19.6 Å². The molecule has 0 bridgehead atoms. The summed E-state index contributed by atoms with van der Waals surface area (Å²) in [6.45, 7) is 7.71. The topological polar surface area (TPSA) is 32.3 Å². The van der Waals surface area contributed by atoms with Gasteiger partial charge in [-0.3, -0.25) is 4.79 Å². The van der Waals surface area contributed by atoms with Crippen LogP contribution in [0.4, 0.5) is 0 Å². The monoisotopic (exact) mass is 288 g/mol. The highest BCUT2D eigenvalue weighted by Gasteiger charge is 2.25. The molecule has 0 aromatic rings. The first-order valence-electron chi connectivity index (χ1n) is 7.67. The van der Waals surface area contributed by atoms with E-state index in [4.69, 9.17) is 0 Å². The number of halogens is 1. The zero-order valence-corrected chi connectivity index (χ0v) is 13.2. The molecule has 112 valence electrons. The van der Waals surface area contributed by atoms with Gasteiger partial charge in [-0.1, -0.05) is 13.3 Å². The van der Waals surface area contributed by atoms with Crippen molar-refractivity contribution in [3.8, 4) is 0 Å². The van der Waals surface area contributed by atoms with Gasteiger partial charge in [-0.05, 0) is 57.5 Å². The molecule has 3 nitrogen and oxygen atoms in total. The van der Waals surface area contributed by atoms with E-state index in [0.29, 0.717) is 17.9 Å². The third-order valence-electron chi connectivity index (χ3n) is 4.61. The zero-order valence-electron chi connectivity index (χ0n) is 12.4. The lowest BCUT2D eigenvalue weighted by atomic mass is 10.0. The molecule has 0 aromatic heterocycles. The summed E-state index contributed by atoms with van der Waals surface area (Å²) in [7, 11) is 0.